The summed E-state index contributed by atoms with van der Waals surface area (Å²) in [5, 5.41) is 8.35. The SMILES string of the molecule is CCC(SCc1ccc(OC(F)(F)F)cc1)C(=O)O. The van der Waals surface area contributed by atoms with E-state index < -0.39 is 17.6 Å². The smallest absolute Gasteiger partial charge is 0.480 e. The zero-order chi connectivity index (χ0) is 14.5. The average molecular weight is 294 g/mol. The Hall–Kier alpha value is -1.37. The lowest BCUT2D eigenvalue weighted by molar-refractivity contribution is -0.274. The number of carbonyl (C=O) groups is 1. The molecule has 0 saturated heterocycles. The summed E-state index contributed by atoms with van der Waals surface area (Å²) >= 11 is 1.24. The van der Waals surface area contributed by atoms with E-state index in [1.54, 1.807) is 6.92 Å². The highest BCUT2D eigenvalue weighted by Crippen LogP contribution is 2.25. The Balaban J connectivity index is 2.55. The van der Waals surface area contributed by atoms with Crippen LogP contribution in [0.5, 0.6) is 5.75 Å². The molecule has 1 N–H and O–H groups in total. The molecule has 1 atom stereocenters. The van der Waals surface area contributed by atoms with E-state index in [0.717, 1.165) is 5.56 Å². The minimum atomic E-state index is -4.70. The molecule has 0 fully saturated rings. The molecule has 106 valence electrons. The van der Waals surface area contributed by atoms with Gasteiger partial charge in [0, 0.05) is 5.75 Å². The fourth-order valence-electron chi connectivity index (χ4n) is 1.35. The second kappa shape index (κ2) is 6.70. The van der Waals surface area contributed by atoms with Gasteiger partial charge in [-0.15, -0.1) is 24.9 Å². The highest BCUT2D eigenvalue weighted by atomic mass is 32.2. The van der Waals surface area contributed by atoms with Crippen LogP contribution in [0, 0.1) is 0 Å². The molecule has 3 nitrogen and oxygen atoms in total. The Labute approximate surface area is 112 Å². The van der Waals surface area contributed by atoms with E-state index in [0.29, 0.717) is 12.2 Å². The van der Waals surface area contributed by atoms with Crippen LogP contribution in [0.4, 0.5) is 13.2 Å². The van der Waals surface area contributed by atoms with Gasteiger partial charge in [0.2, 0.25) is 0 Å². The monoisotopic (exact) mass is 294 g/mol. The van der Waals surface area contributed by atoms with Gasteiger partial charge in [0.25, 0.3) is 0 Å². The van der Waals surface area contributed by atoms with Crippen LogP contribution in [0.3, 0.4) is 0 Å². The second-order valence-electron chi connectivity index (χ2n) is 3.74. The van der Waals surface area contributed by atoms with Crippen molar-refractivity contribution in [3.8, 4) is 5.75 Å². The minimum absolute atomic E-state index is 0.286. The van der Waals surface area contributed by atoms with Gasteiger partial charge in [-0.2, -0.15) is 0 Å². The summed E-state index contributed by atoms with van der Waals surface area (Å²) in [5.41, 5.74) is 0.749. The molecule has 0 aliphatic carbocycles. The lowest BCUT2D eigenvalue weighted by Gasteiger charge is -2.11. The van der Waals surface area contributed by atoms with Crippen molar-refractivity contribution in [3.05, 3.63) is 29.8 Å². The molecule has 0 heterocycles. The van der Waals surface area contributed by atoms with Crippen molar-refractivity contribution in [3.63, 3.8) is 0 Å². The van der Waals surface area contributed by atoms with Gasteiger partial charge in [-0.05, 0) is 24.1 Å². The van der Waals surface area contributed by atoms with Crippen molar-refractivity contribution in [1.29, 1.82) is 0 Å². The van der Waals surface area contributed by atoms with Crippen LogP contribution < -0.4 is 4.74 Å². The number of aliphatic carboxylic acids is 1. The van der Waals surface area contributed by atoms with E-state index in [9.17, 15) is 18.0 Å². The zero-order valence-corrected chi connectivity index (χ0v) is 10.9. The molecule has 0 spiro atoms. The third-order valence-corrected chi connectivity index (χ3v) is 3.69. The van der Waals surface area contributed by atoms with Crippen LogP contribution in [0.1, 0.15) is 18.9 Å². The third kappa shape index (κ3) is 5.87. The van der Waals surface area contributed by atoms with Gasteiger partial charge < -0.3 is 9.84 Å². The quantitative estimate of drug-likeness (QED) is 0.869. The van der Waals surface area contributed by atoms with E-state index in [2.05, 4.69) is 4.74 Å². The number of rotatable bonds is 6. The van der Waals surface area contributed by atoms with Gasteiger partial charge in [-0.1, -0.05) is 19.1 Å². The Bertz CT molecular complexity index is 417. The molecule has 19 heavy (non-hydrogen) atoms. The van der Waals surface area contributed by atoms with E-state index in [-0.39, 0.29) is 5.75 Å². The Morgan fingerprint density at radius 2 is 1.95 bits per heavy atom. The van der Waals surface area contributed by atoms with Gasteiger partial charge in [0.15, 0.2) is 0 Å². The number of carboxylic acids is 1. The summed E-state index contributed by atoms with van der Waals surface area (Å²) in [6, 6.07) is 5.40. The van der Waals surface area contributed by atoms with E-state index in [1.165, 1.54) is 36.0 Å². The van der Waals surface area contributed by atoms with Crippen LogP contribution in [-0.2, 0) is 10.5 Å². The molecule has 0 amide bonds. The predicted molar refractivity (Wildman–Crippen MR) is 66.1 cm³/mol. The molecule has 0 bridgehead atoms. The summed E-state index contributed by atoms with van der Waals surface area (Å²) in [4.78, 5) is 10.8. The molecule has 1 rings (SSSR count). The number of benzene rings is 1. The minimum Gasteiger partial charge on any atom is -0.480 e. The Morgan fingerprint density at radius 1 is 1.37 bits per heavy atom. The lowest BCUT2D eigenvalue weighted by Crippen LogP contribution is -2.17. The summed E-state index contributed by atoms with van der Waals surface area (Å²) in [7, 11) is 0. The maximum Gasteiger partial charge on any atom is 0.573 e. The molecule has 0 saturated carbocycles. The Kier molecular flexibility index (Phi) is 5.53. The number of halogens is 3. The Morgan fingerprint density at radius 3 is 2.37 bits per heavy atom. The third-order valence-electron chi connectivity index (χ3n) is 2.25. The second-order valence-corrected chi connectivity index (χ2v) is 4.93. The summed E-state index contributed by atoms with van der Waals surface area (Å²) in [6.07, 6.45) is -4.21. The molecular weight excluding hydrogens is 281 g/mol. The van der Waals surface area contributed by atoms with Crippen LogP contribution in [0.25, 0.3) is 0 Å². The summed E-state index contributed by atoms with van der Waals surface area (Å²) in [5.74, 6) is -0.743. The van der Waals surface area contributed by atoms with Gasteiger partial charge in [0.1, 0.15) is 11.0 Å². The van der Waals surface area contributed by atoms with Crippen LogP contribution in [0.15, 0.2) is 24.3 Å². The number of ether oxygens (including phenoxy) is 1. The van der Waals surface area contributed by atoms with E-state index in [4.69, 9.17) is 5.11 Å². The largest absolute Gasteiger partial charge is 0.573 e. The summed E-state index contributed by atoms with van der Waals surface area (Å²) in [6.45, 7) is 1.77. The molecule has 1 aromatic rings. The average Bonchev–Trinajstić information content (AvgIpc) is 2.29. The topological polar surface area (TPSA) is 46.5 Å². The maximum atomic E-state index is 11.9. The van der Waals surface area contributed by atoms with Crippen molar-refractivity contribution < 1.29 is 27.8 Å². The first-order valence-corrected chi connectivity index (χ1v) is 6.56. The normalized spacial score (nSPS) is 13.1. The molecule has 1 aromatic carbocycles. The van der Waals surface area contributed by atoms with Gasteiger partial charge in [0.05, 0.1) is 0 Å². The number of carboxylic acid groups (broad SMARTS) is 1. The fourth-order valence-corrected chi connectivity index (χ4v) is 2.31. The number of hydrogen-bond acceptors (Lipinski definition) is 3. The first kappa shape index (κ1) is 15.7. The van der Waals surface area contributed by atoms with Crippen LogP contribution in [0.2, 0.25) is 0 Å². The summed E-state index contributed by atoms with van der Waals surface area (Å²) < 4.78 is 39.6. The molecule has 0 radical (unpaired) electrons. The first-order valence-electron chi connectivity index (χ1n) is 5.51. The highest BCUT2D eigenvalue weighted by molar-refractivity contribution is 7.99. The molecular formula is C12H13F3O3S. The van der Waals surface area contributed by atoms with Crippen LogP contribution >= 0.6 is 11.8 Å². The molecule has 0 aliphatic heterocycles. The highest BCUT2D eigenvalue weighted by Gasteiger charge is 2.30. The van der Waals surface area contributed by atoms with Crippen molar-refractivity contribution in [1.82, 2.24) is 0 Å². The fraction of sp³-hybridized carbons (Fsp3) is 0.417. The number of thioether (sulfide) groups is 1. The van der Waals surface area contributed by atoms with Crippen molar-refractivity contribution in [2.75, 3.05) is 0 Å². The zero-order valence-electron chi connectivity index (χ0n) is 10.1. The van der Waals surface area contributed by atoms with E-state index in [1.807, 2.05) is 0 Å². The molecule has 0 aliphatic rings. The van der Waals surface area contributed by atoms with Gasteiger partial charge in [-0.25, -0.2) is 0 Å². The van der Waals surface area contributed by atoms with Crippen LogP contribution in [-0.4, -0.2) is 22.7 Å². The van der Waals surface area contributed by atoms with Crippen molar-refractivity contribution in [2.45, 2.75) is 30.7 Å². The first-order chi connectivity index (χ1) is 8.81. The van der Waals surface area contributed by atoms with E-state index >= 15 is 0 Å². The standard InChI is InChI=1S/C12H13F3O3S/c1-2-10(11(16)17)19-7-8-3-5-9(6-4-8)18-12(13,14)15/h3-6,10H,2,7H2,1H3,(H,16,17). The van der Waals surface area contributed by atoms with Crippen molar-refractivity contribution in [2.24, 2.45) is 0 Å². The van der Waals surface area contributed by atoms with Crippen molar-refractivity contribution >= 4 is 17.7 Å². The molecule has 0 aromatic heterocycles. The molecule has 1 unspecified atom stereocenters. The predicted octanol–water partition coefficient (Wildman–Crippen LogP) is 3.68. The lowest BCUT2D eigenvalue weighted by atomic mass is 10.2. The number of hydrogen-bond donors (Lipinski definition) is 1. The maximum absolute atomic E-state index is 11.9. The van der Waals surface area contributed by atoms with Gasteiger partial charge in [-0.3, -0.25) is 4.79 Å². The molecule has 7 heteroatoms. The number of alkyl halides is 3. The van der Waals surface area contributed by atoms with Gasteiger partial charge >= 0.3 is 12.3 Å².